The van der Waals surface area contributed by atoms with Gasteiger partial charge in [-0.3, -0.25) is 4.79 Å². The molecule has 1 aliphatic heterocycles. The highest BCUT2D eigenvalue weighted by Crippen LogP contribution is 2.29. The molecule has 0 bridgehead atoms. The van der Waals surface area contributed by atoms with Crippen molar-refractivity contribution in [3.8, 4) is 0 Å². The van der Waals surface area contributed by atoms with Gasteiger partial charge in [0.05, 0.1) is 24.7 Å². The zero-order chi connectivity index (χ0) is 15.4. The van der Waals surface area contributed by atoms with Crippen molar-refractivity contribution >= 4 is 13.0 Å². The van der Waals surface area contributed by atoms with Crippen molar-refractivity contribution in [3.05, 3.63) is 35.9 Å². The molecule has 3 unspecified atom stereocenters. The van der Waals surface area contributed by atoms with Gasteiger partial charge in [-0.1, -0.05) is 43.2 Å². The Morgan fingerprint density at radius 1 is 1.23 bits per heavy atom. The van der Waals surface area contributed by atoms with Gasteiger partial charge in [0.1, 0.15) is 0 Å². The third kappa shape index (κ3) is 3.88. The first-order chi connectivity index (χ1) is 10.7. The van der Waals surface area contributed by atoms with E-state index < -0.39 is 6.04 Å². The molecular weight excluding hydrogens is 279 g/mol. The fourth-order valence-corrected chi connectivity index (χ4v) is 3.17. The molecule has 118 valence electrons. The second-order valence-corrected chi connectivity index (χ2v) is 6.10. The van der Waals surface area contributed by atoms with Gasteiger partial charge in [0.15, 0.2) is 0 Å². The van der Waals surface area contributed by atoms with Crippen LogP contribution in [0.25, 0.3) is 0 Å². The number of hydrogen-bond donors (Lipinski definition) is 2. The van der Waals surface area contributed by atoms with E-state index in [2.05, 4.69) is 5.32 Å². The standard InChI is InChI=1S/C16H23BN2O3/c18-13(10-12-6-2-1-3-7-12)16(20)19-11-17-21-14-8-4-5-9-15(14)22-17/h1-3,6-7,13-15H,4-5,8-11,18H2,(H,19,20). The summed E-state index contributed by atoms with van der Waals surface area (Å²) in [6.07, 6.45) is 5.82. The molecule has 1 aromatic rings. The average molecular weight is 302 g/mol. The zero-order valence-corrected chi connectivity index (χ0v) is 12.7. The molecule has 2 fully saturated rings. The number of carbonyl (C=O) groups excluding carboxylic acids is 1. The number of hydrogen-bond acceptors (Lipinski definition) is 4. The largest absolute Gasteiger partial charge is 0.478 e. The number of benzene rings is 1. The Bertz CT molecular complexity index is 485. The molecule has 1 saturated heterocycles. The molecule has 0 radical (unpaired) electrons. The van der Waals surface area contributed by atoms with Crippen LogP contribution in [0.5, 0.6) is 0 Å². The minimum absolute atomic E-state index is 0.161. The molecule has 6 heteroatoms. The zero-order valence-electron chi connectivity index (χ0n) is 12.7. The summed E-state index contributed by atoms with van der Waals surface area (Å²) in [6, 6.07) is 9.24. The molecule has 1 saturated carbocycles. The molecule has 1 heterocycles. The molecule has 1 amide bonds. The smallest absolute Gasteiger partial charge is 0.405 e. The lowest BCUT2D eigenvalue weighted by atomic mass is 9.90. The third-order valence-electron chi connectivity index (χ3n) is 4.37. The SMILES string of the molecule is NC(Cc1ccccc1)C(=O)NCB1OC2CCCCC2O1. The van der Waals surface area contributed by atoms with Crippen molar-refractivity contribution in [2.24, 2.45) is 5.73 Å². The minimum atomic E-state index is -0.550. The second-order valence-electron chi connectivity index (χ2n) is 6.10. The van der Waals surface area contributed by atoms with Crippen LogP contribution >= 0.6 is 0 Å². The molecule has 2 aliphatic rings. The van der Waals surface area contributed by atoms with Crippen molar-refractivity contribution < 1.29 is 14.1 Å². The van der Waals surface area contributed by atoms with Crippen LogP contribution in [-0.2, 0) is 20.5 Å². The molecule has 22 heavy (non-hydrogen) atoms. The lowest BCUT2D eigenvalue weighted by molar-refractivity contribution is -0.122. The third-order valence-corrected chi connectivity index (χ3v) is 4.37. The number of amides is 1. The van der Waals surface area contributed by atoms with E-state index in [0.717, 1.165) is 18.4 Å². The summed E-state index contributed by atoms with van der Waals surface area (Å²) in [5, 5.41) is 2.84. The first-order valence-corrected chi connectivity index (χ1v) is 8.10. The Balaban J connectivity index is 1.42. The highest BCUT2D eigenvalue weighted by Gasteiger charge is 2.40. The van der Waals surface area contributed by atoms with Crippen molar-refractivity contribution in [1.82, 2.24) is 5.32 Å². The monoisotopic (exact) mass is 302 g/mol. The van der Waals surface area contributed by atoms with Crippen LogP contribution in [0.4, 0.5) is 0 Å². The number of nitrogens with one attached hydrogen (secondary N) is 1. The number of rotatable bonds is 5. The molecule has 0 spiro atoms. The van der Waals surface area contributed by atoms with Crippen molar-refractivity contribution in [3.63, 3.8) is 0 Å². The molecule has 1 aliphatic carbocycles. The van der Waals surface area contributed by atoms with Gasteiger partial charge in [0.25, 0.3) is 0 Å². The summed E-state index contributed by atoms with van der Waals surface area (Å²) >= 11 is 0. The molecule has 3 atom stereocenters. The van der Waals surface area contributed by atoms with Gasteiger partial charge in [0, 0.05) is 0 Å². The van der Waals surface area contributed by atoms with Crippen LogP contribution in [0, 0.1) is 0 Å². The van der Waals surface area contributed by atoms with Crippen LogP contribution in [0.2, 0.25) is 0 Å². The van der Waals surface area contributed by atoms with Crippen LogP contribution in [0.15, 0.2) is 30.3 Å². The summed E-state index contributed by atoms with van der Waals surface area (Å²) in [7, 11) is -0.332. The molecular formula is C16H23BN2O3. The van der Waals surface area contributed by atoms with Crippen molar-refractivity contribution in [2.45, 2.75) is 50.4 Å². The lowest BCUT2D eigenvalue weighted by Crippen LogP contribution is -2.46. The van der Waals surface area contributed by atoms with E-state index >= 15 is 0 Å². The van der Waals surface area contributed by atoms with E-state index in [0.29, 0.717) is 12.9 Å². The normalized spacial score (nSPS) is 25.6. The molecule has 0 aromatic heterocycles. The van der Waals surface area contributed by atoms with Gasteiger partial charge in [-0.2, -0.15) is 0 Å². The Hall–Kier alpha value is -1.37. The highest BCUT2D eigenvalue weighted by molar-refractivity contribution is 6.45. The van der Waals surface area contributed by atoms with E-state index in [1.54, 1.807) is 0 Å². The maximum absolute atomic E-state index is 12.1. The quantitative estimate of drug-likeness (QED) is 0.798. The van der Waals surface area contributed by atoms with E-state index in [9.17, 15) is 4.79 Å². The summed E-state index contributed by atoms with van der Waals surface area (Å²) in [5.41, 5.74) is 7.02. The van der Waals surface area contributed by atoms with E-state index in [4.69, 9.17) is 15.0 Å². The van der Waals surface area contributed by atoms with Gasteiger partial charge in [-0.25, -0.2) is 0 Å². The second kappa shape index (κ2) is 7.27. The van der Waals surface area contributed by atoms with Crippen molar-refractivity contribution in [2.75, 3.05) is 6.44 Å². The average Bonchev–Trinajstić information content (AvgIpc) is 2.96. The predicted octanol–water partition coefficient (Wildman–Crippen LogP) is 1.06. The van der Waals surface area contributed by atoms with Gasteiger partial charge < -0.3 is 20.4 Å². The Labute approximate surface area is 131 Å². The van der Waals surface area contributed by atoms with E-state index in [1.165, 1.54) is 12.8 Å². The maximum atomic E-state index is 12.1. The summed E-state index contributed by atoms with van der Waals surface area (Å²) in [4.78, 5) is 12.1. The number of carbonyl (C=O) groups is 1. The Morgan fingerprint density at radius 3 is 2.50 bits per heavy atom. The molecule has 1 aromatic carbocycles. The van der Waals surface area contributed by atoms with Crippen molar-refractivity contribution in [1.29, 1.82) is 0 Å². The van der Waals surface area contributed by atoms with Crippen LogP contribution in [0.1, 0.15) is 31.2 Å². The Morgan fingerprint density at radius 2 is 1.86 bits per heavy atom. The summed E-state index contributed by atoms with van der Waals surface area (Å²) < 4.78 is 11.7. The van der Waals surface area contributed by atoms with Gasteiger partial charge in [0.2, 0.25) is 5.91 Å². The Kier molecular flexibility index (Phi) is 5.13. The van der Waals surface area contributed by atoms with Crippen LogP contribution in [-0.4, -0.2) is 37.7 Å². The fourth-order valence-electron chi connectivity index (χ4n) is 3.17. The number of nitrogens with two attached hydrogens (primary N) is 1. The number of fused-ring (bicyclic) bond motifs is 1. The predicted molar refractivity (Wildman–Crippen MR) is 85.1 cm³/mol. The van der Waals surface area contributed by atoms with Crippen LogP contribution < -0.4 is 11.1 Å². The highest BCUT2D eigenvalue weighted by atomic mass is 16.7. The fraction of sp³-hybridized carbons (Fsp3) is 0.562. The van der Waals surface area contributed by atoms with Gasteiger partial charge in [-0.05, 0) is 24.8 Å². The molecule has 3 N–H and O–H groups in total. The molecule has 3 rings (SSSR count). The van der Waals surface area contributed by atoms with E-state index in [-0.39, 0.29) is 25.2 Å². The minimum Gasteiger partial charge on any atom is -0.405 e. The lowest BCUT2D eigenvalue weighted by Gasteiger charge is -2.22. The molecule has 5 nitrogen and oxygen atoms in total. The first-order valence-electron chi connectivity index (χ1n) is 8.10. The topological polar surface area (TPSA) is 73.6 Å². The summed E-state index contributed by atoms with van der Waals surface area (Å²) in [5.74, 6) is -0.161. The van der Waals surface area contributed by atoms with Gasteiger partial charge in [-0.15, -0.1) is 0 Å². The first kappa shape index (κ1) is 15.5. The summed E-state index contributed by atoms with van der Waals surface area (Å²) in [6.45, 7) is 0. The van der Waals surface area contributed by atoms with Crippen LogP contribution in [0.3, 0.4) is 0 Å². The van der Waals surface area contributed by atoms with E-state index in [1.807, 2.05) is 30.3 Å². The van der Waals surface area contributed by atoms with Gasteiger partial charge >= 0.3 is 7.12 Å². The maximum Gasteiger partial charge on any atom is 0.478 e.